The lowest BCUT2D eigenvalue weighted by atomic mass is 10.1. The SMILES string of the molecule is CCCCC(=O)OC(C)c1ccc(CCOc2ccc(CC3NC(=O)SC3=O)cc2)nc1. The number of hydrogen-bond acceptors (Lipinski definition) is 7. The highest BCUT2D eigenvalue weighted by atomic mass is 32.2. The Bertz CT molecular complexity index is 930. The van der Waals surface area contributed by atoms with Crippen molar-refractivity contribution in [3.63, 3.8) is 0 Å². The normalized spacial score (nSPS) is 16.5. The molecule has 7 nitrogen and oxygen atoms in total. The van der Waals surface area contributed by atoms with Gasteiger partial charge in [0.2, 0.25) is 5.12 Å². The maximum absolute atomic E-state index is 11.8. The van der Waals surface area contributed by atoms with Crippen molar-refractivity contribution in [2.75, 3.05) is 6.61 Å². The maximum atomic E-state index is 11.8. The van der Waals surface area contributed by atoms with Crippen molar-refractivity contribution in [2.24, 2.45) is 0 Å². The fraction of sp³-hybridized carbons (Fsp3) is 0.417. The first-order chi connectivity index (χ1) is 15.4. The molecule has 1 aliphatic heterocycles. The van der Waals surface area contributed by atoms with Crippen molar-refractivity contribution in [1.29, 1.82) is 0 Å². The van der Waals surface area contributed by atoms with Gasteiger partial charge in [-0.1, -0.05) is 31.5 Å². The van der Waals surface area contributed by atoms with Gasteiger partial charge < -0.3 is 14.8 Å². The molecule has 0 bridgehead atoms. The van der Waals surface area contributed by atoms with E-state index >= 15 is 0 Å². The zero-order chi connectivity index (χ0) is 22.9. The Hall–Kier alpha value is -2.87. The summed E-state index contributed by atoms with van der Waals surface area (Å²) in [6.07, 6.45) is 4.78. The lowest BCUT2D eigenvalue weighted by Gasteiger charge is -2.14. The van der Waals surface area contributed by atoms with Crippen LogP contribution in [0, 0.1) is 0 Å². The standard InChI is InChI=1S/C24H28N2O5S/c1-3-4-5-22(27)31-16(2)18-8-9-19(25-15-18)12-13-30-20-10-6-17(7-11-20)14-21-23(28)32-24(29)26-21/h6-11,15-16,21H,3-5,12-14H2,1-2H3,(H,26,29). The molecule has 1 amide bonds. The van der Waals surface area contributed by atoms with E-state index in [2.05, 4.69) is 10.3 Å². The largest absolute Gasteiger partial charge is 0.493 e. The van der Waals surface area contributed by atoms with Crippen LogP contribution in [0.5, 0.6) is 5.75 Å². The lowest BCUT2D eigenvalue weighted by Crippen LogP contribution is -2.30. The summed E-state index contributed by atoms with van der Waals surface area (Å²) < 4.78 is 11.2. The Labute approximate surface area is 192 Å². The van der Waals surface area contributed by atoms with Crippen molar-refractivity contribution < 1.29 is 23.9 Å². The molecule has 0 spiro atoms. The van der Waals surface area contributed by atoms with Gasteiger partial charge in [-0.3, -0.25) is 19.4 Å². The molecule has 1 aromatic carbocycles. The molecule has 2 unspecified atom stereocenters. The minimum atomic E-state index is -0.462. The molecule has 2 aromatic rings. The van der Waals surface area contributed by atoms with Gasteiger partial charge in [0.1, 0.15) is 17.9 Å². The van der Waals surface area contributed by atoms with Gasteiger partial charge in [0, 0.05) is 48.5 Å². The second kappa shape index (κ2) is 11.7. The van der Waals surface area contributed by atoms with Crippen molar-refractivity contribution in [3.05, 3.63) is 59.4 Å². The number of amides is 1. The Morgan fingerprint density at radius 2 is 1.97 bits per heavy atom. The molecule has 2 atom stereocenters. The average molecular weight is 457 g/mol. The number of benzene rings is 1. The van der Waals surface area contributed by atoms with Crippen LogP contribution in [0.3, 0.4) is 0 Å². The molecule has 0 radical (unpaired) electrons. The van der Waals surface area contributed by atoms with Gasteiger partial charge in [-0.15, -0.1) is 0 Å². The topological polar surface area (TPSA) is 94.6 Å². The number of pyridine rings is 1. The molecule has 32 heavy (non-hydrogen) atoms. The summed E-state index contributed by atoms with van der Waals surface area (Å²) in [4.78, 5) is 39.2. The van der Waals surface area contributed by atoms with E-state index in [9.17, 15) is 14.4 Å². The van der Waals surface area contributed by atoms with Crippen LogP contribution in [0.25, 0.3) is 0 Å². The summed E-state index contributed by atoms with van der Waals surface area (Å²) in [5, 5.41) is 2.23. The van der Waals surface area contributed by atoms with Crippen LogP contribution in [0.2, 0.25) is 0 Å². The molecule has 0 saturated carbocycles. The number of hydrogen-bond donors (Lipinski definition) is 1. The van der Waals surface area contributed by atoms with Crippen molar-refractivity contribution in [1.82, 2.24) is 10.3 Å². The van der Waals surface area contributed by atoms with Gasteiger partial charge in [0.05, 0.1) is 6.61 Å². The van der Waals surface area contributed by atoms with Gasteiger partial charge in [-0.25, -0.2) is 0 Å². The Kier molecular flexibility index (Phi) is 8.67. The molecule has 3 rings (SSSR count). The number of rotatable bonds is 11. The van der Waals surface area contributed by atoms with Gasteiger partial charge in [0.15, 0.2) is 0 Å². The number of unbranched alkanes of at least 4 members (excludes halogenated alkanes) is 1. The van der Waals surface area contributed by atoms with Crippen LogP contribution >= 0.6 is 11.8 Å². The lowest BCUT2D eigenvalue weighted by molar-refractivity contribution is -0.148. The third-order valence-electron chi connectivity index (χ3n) is 5.12. The molecule has 1 aromatic heterocycles. The highest BCUT2D eigenvalue weighted by Gasteiger charge is 2.31. The van der Waals surface area contributed by atoms with Crippen LogP contribution in [0.4, 0.5) is 4.79 Å². The molecular formula is C24H28N2O5S. The average Bonchev–Trinajstić information content (AvgIpc) is 3.10. The zero-order valence-electron chi connectivity index (χ0n) is 18.3. The minimum absolute atomic E-state index is 0.141. The maximum Gasteiger partial charge on any atom is 0.306 e. The van der Waals surface area contributed by atoms with E-state index in [0.29, 0.717) is 25.9 Å². The molecule has 1 fully saturated rings. The zero-order valence-corrected chi connectivity index (χ0v) is 19.2. The molecular weight excluding hydrogens is 428 g/mol. The number of ether oxygens (including phenoxy) is 2. The summed E-state index contributed by atoms with van der Waals surface area (Å²) >= 11 is 0.726. The molecule has 1 aliphatic rings. The van der Waals surface area contributed by atoms with Crippen LogP contribution in [0.15, 0.2) is 42.6 Å². The van der Waals surface area contributed by atoms with Crippen molar-refractivity contribution in [2.45, 2.75) is 58.1 Å². The summed E-state index contributed by atoms with van der Waals surface area (Å²) in [7, 11) is 0. The second-order valence-electron chi connectivity index (χ2n) is 7.67. The van der Waals surface area contributed by atoms with Gasteiger partial charge >= 0.3 is 5.97 Å². The highest BCUT2D eigenvalue weighted by Crippen LogP contribution is 2.21. The predicted molar refractivity (Wildman–Crippen MR) is 123 cm³/mol. The number of carbonyl (C=O) groups is 3. The second-order valence-corrected chi connectivity index (χ2v) is 8.65. The first-order valence-corrected chi connectivity index (χ1v) is 11.6. The van der Waals surface area contributed by atoms with E-state index in [0.717, 1.165) is 47.2 Å². The summed E-state index contributed by atoms with van der Waals surface area (Å²) in [6, 6.07) is 10.9. The van der Waals surface area contributed by atoms with Gasteiger partial charge in [0.25, 0.3) is 5.24 Å². The van der Waals surface area contributed by atoms with Crippen molar-refractivity contribution >= 4 is 28.1 Å². The van der Waals surface area contributed by atoms with E-state index in [1.807, 2.05) is 50.2 Å². The van der Waals surface area contributed by atoms with Crippen LogP contribution < -0.4 is 10.1 Å². The number of nitrogens with one attached hydrogen (secondary N) is 1. The number of aromatic nitrogens is 1. The van der Waals surface area contributed by atoms with E-state index in [1.165, 1.54) is 0 Å². The molecule has 2 heterocycles. The molecule has 1 saturated heterocycles. The fourth-order valence-corrected chi connectivity index (χ4v) is 3.90. The quantitative estimate of drug-likeness (QED) is 0.501. The molecule has 1 N–H and O–H groups in total. The third-order valence-corrected chi connectivity index (χ3v) is 5.91. The number of carbonyl (C=O) groups excluding carboxylic acids is 3. The van der Waals surface area contributed by atoms with E-state index in [-0.39, 0.29) is 22.4 Å². The predicted octanol–water partition coefficient (Wildman–Crippen LogP) is 4.39. The molecule has 0 aliphatic carbocycles. The van der Waals surface area contributed by atoms with Gasteiger partial charge in [-0.2, -0.15) is 0 Å². The molecule has 170 valence electrons. The smallest absolute Gasteiger partial charge is 0.306 e. The highest BCUT2D eigenvalue weighted by molar-refractivity contribution is 8.26. The van der Waals surface area contributed by atoms with E-state index < -0.39 is 6.04 Å². The van der Waals surface area contributed by atoms with Crippen LogP contribution in [-0.4, -0.2) is 34.0 Å². The number of nitrogens with zero attached hydrogens (tertiary/aromatic N) is 1. The molecule has 8 heteroatoms. The minimum Gasteiger partial charge on any atom is -0.493 e. The Morgan fingerprint density at radius 1 is 1.19 bits per heavy atom. The van der Waals surface area contributed by atoms with Crippen LogP contribution in [0.1, 0.15) is 56.0 Å². The van der Waals surface area contributed by atoms with Crippen molar-refractivity contribution in [3.8, 4) is 5.75 Å². The Balaban J connectivity index is 1.41. The summed E-state index contributed by atoms with van der Waals surface area (Å²) in [6.45, 7) is 4.36. The first-order valence-electron chi connectivity index (χ1n) is 10.8. The Morgan fingerprint density at radius 3 is 2.59 bits per heavy atom. The summed E-state index contributed by atoms with van der Waals surface area (Å²) in [5.74, 6) is 0.551. The third kappa shape index (κ3) is 7.09. The monoisotopic (exact) mass is 456 g/mol. The van der Waals surface area contributed by atoms with E-state index in [1.54, 1.807) is 6.20 Å². The number of thioether (sulfide) groups is 1. The summed E-state index contributed by atoms with van der Waals surface area (Å²) in [5.41, 5.74) is 2.72. The fourth-order valence-electron chi connectivity index (χ4n) is 3.23. The number of esters is 1. The van der Waals surface area contributed by atoms with E-state index in [4.69, 9.17) is 9.47 Å². The van der Waals surface area contributed by atoms with Gasteiger partial charge in [-0.05, 0) is 37.1 Å². The van der Waals surface area contributed by atoms with Crippen LogP contribution in [-0.2, 0) is 27.2 Å². The first kappa shape index (κ1) is 23.8.